The third-order valence-electron chi connectivity index (χ3n) is 9.01. The molecule has 0 fully saturated rings. The highest BCUT2D eigenvalue weighted by molar-refractivity contribution is 6.18. The molecule has 1 aliphatic rings. The normalized spacial score (nSPS) is 12.3. The van der Waals surface area contributed by atoms with Crippen LogP contribution in [-0.4, -0.2) is 19.1 Å². The Morgan fingerprint density at radius 3 is 1.86 bits per heavy atom. The summed E-state index contributed by atoms with van der Waals surface area (Å²) in [6, 6.07) is 44.1. The molecule has 194 valence electrons. The van der Waals surface area contributed by atoms with Crippen LogP contribution in [0.5, 0.6) is 0 Å². The average molecular weight is 535 g/mol. The molecule has 0 saturated heterocycles. The Bertz CT molecular complexity index is 2500. The maximum atomic E-state index is 4.65. The van der Waals surface area contributed by atoms with E-state index in [1.54, 1.807) is 6.33 Å². The first-order chi connectivity index (χ1) is 20.9. The predicted molar refractivity (Wildman–Crippen MR) is 173 cm³/mol. The van der Waals surface area contributed by atoms with Crippen LogP contribution in [0.15, 0.2) is 134 Å². The lowest BCUT2D eigenvalue weighted by atomic mass is 10.0. The molecule has 3 aromatic heterocycles. The first kappa shape index (κ1) is 22.0. The van der Waals surface area contributed by atoms with Crippen LogP contribution >= 0.6 is 0 Å². The smallest absolute Gasteiger partial charge is 0.116 e. The summed E-state index contributed by atoms with van der Waals surface area (Å²) in [6.07, 6.45) is 3.58. The summed E-state index contributed by atoms with van der Waals surface area (Å²) in [5, 5.41) is 7.49. The van der Waals surface area contributed by atoms with Gasteiger partial charge in [0.1, 0.15) is 6.33 Å². The maximum absolute atomic E-state index is 4.65. The number of aromatic nitrogens is 4. The fourth-order valence-corrected chi connectivity index (χ4v) is 7.31. The second kappa shape index (κ2) is 7.93. The molecule has 0 atom stereocenters. The van der Waals surface area contributed by atoms with Crippen LogP contribution in [0.4, 0.5) is 0 Å². The van der Waals surface area contributed by atoms with Crippen LogP contribution in [0, 0.1) is 0 Å². The summed E-state index contributed by atoms with van der Waals surface area (Å²) in [7, 11) is 0. The van der Waals surface area contributed by atoms with Crippen LogP contribution in [0.25, 0.3) is 88.1 Å². The summed E-state index contributed by atoms with van der Waals surface area (Å²) < 4.78 is 4.82. The summed E-state index contributed by atoms with van der Waals surface area (Å²) in [5.74, 6) is 0. The zero-order valence-corrected chi connectivity index (χ0v) is 22.5. The fourth-order valence-electron chi connectivity index (χ4n) is 7.31. The molecule has 0 radical (unpaired) electrons. The number of benzene rings is 6. The van der Waals surface area contributed by atoms with Crippen molar-refractivity contribution in [2.24, 2.45) is 0 Å². The van der Waals surface area contributed by atoms with Crippen LogP contribution in [-0.2, 0) is 0 Å². The number of rotatable bonds is 2. The molecule has 6 aromatic carbocycles. The minimum Gasteiger partial charge on any atom is -0.309 e. The van der Waals surface area contributed by atoms with E-state index < -0.39 is 0 Å². The minimum atomic E-state index is 1.01. The van der Waals surface area contributed by atoms with Crippen LogP contribution in [0.3, 0.4) is 0 Å². The maximum Gasteiger partial charge on any atom is 0.116 e. The molecule has 10 rings (SSSR count). The summed E-state index contributed by atoms with van der Waals surface area (Å²) >= 11 is 0. The lowest BCUT2D eigenvalue weighted by Crippen LogP contribution is -1.97. The molecule has 0 aliphatic heterocycles. The van der Waals surface area contributed by atoms with E-state index in [1.165, 1.54) is 71.2 Å². The molecular weight excluding hydrogens is 512 g/mol. The lowest BCUT2D eigenvalue weighted by molar-refractivity contribution is 1.17. The Balaban J connectivity index is 1.28. The zero-order chi connectivity index (χ0) is 27.4. The zero-order valence-electron chi connectivity index (χ0n) is 22.5. The number of hydrogen-bond donors (Lipinski definition) is 0. The van der Waals surface area contributed by atoms with Gasteiger partial charge in [-0.05, 0) is 48.0 Å². The second-order valence-electron chi connectivity index (χ2n) is 11.1. The van der Waals surface area contributed by atoms with E-state index in [-0.39, 0.29) is 0 Å². The molecule has 42 heavy (non-hydrogen) atoms. The van der Waals surface area contributed by atoms with Crippen molar-refractivity contribution < 1.29 is 0 Å². The highest BCUT2D eigenvalue weighted by Gasteiger charge is 2.25. The quantitative estimate of drug-likeness (QED) is 0.221. The second-order valence-corrected chi connectivity index (χ2v) is 11.1. The van der Waals surface area contributed by atoms with Gasteiger partial charge in [0.15, 0.2) is 0 Å². The molecule has 3 heterocycles. The monoisotopic (exact) mass is 534 g/mol. The van der Waals surface area contributed by atoms with E-state index in [9.17, 15) is 0 Å². The van der Waals surface area contributed by atoms with Crippen molar-refractivity contribution >= 4 is 54.4 Å². The topological polar surface area (TPSA) is 35.6 Å². The Labute approximate surface area is 240 Å². The summed E-state index contributed by atoms with van der Waals surface area (Å²) in [6.45, 7) is 0. The molecule has 0 spiro atoms. The van der Waals surface area contributed by atoms with Crippen molar-refractivity contribution in [2.45, 2.75) is 0 Å². The summed E-state index contributed by atoms with van der Waals surface area (Å²) in [5.41, 5.74) is 11.7. The highest BCUT2D eigenvalue weighted by atomic mass is 15.0. The van der Waals surface area contributed by atoms with Crippen molar-refractivity contribution in [3.8, 4) is 33.8 Å². The molecule has 0 unspecified atom stereocenters. The van der Waals surface area contributed by atoms with Crippen LogP contribution in [0.1, 0.15) is 0 Å². The fraction of sp³-hybridized carbons (Fsp3) is 0. The highest BCUT2D eigenvalue weighted by Crippen LogP contribution is 2.48. The van der Waals surface area contributed by atoms with Crippen molar-refractivity contribution in [2.75, 3.05) is 0 Å². The molecule has 4 heteroatoms. The Morgan fingerprint density at radius 1 is 0.452 bits per heavy atom. The predicted octanol–water partition coefficient (Wildman–Crippen LogP) is 9.47. The van der Waals surface area contributed by atoms with Gasteiger partial charge in [0.05, 0.1) is 33.4 Å². The molecular formula is C38H22N4. The Morgan fingerprint density at radius 2 is 1.10 bits per heavy atom. The van der Waals surface area contributed by atoms with Gasteiger partial charge in [-0.15, -0.1) is 0 Å². The number of nitrogens with zero attached hydrogens (tertiary/aromatic N) is 4. The van der Waals surface area contributed by atoms with Gasteiger partial charge < -0.3 is 9.13 Å². The molecule has 1 aliphatic carbocycles. The van der Waals surface area contributed by atoms with Crippen LogP contribution in [0.2, 0.25) is 0 Å². The van der Waals surface area contributed by atoms with Crippen molar-refractivity contribution in [3.05, 3.63) is 134 Å². The molecule has 0 bridgehead atoms. The van der Waals surface area contributed by atoms with E-state index in [4.69, 9.17) is 0 Å². The third kappa shape index (κ3) is 2.71. The van der Waals surface area contributed by atoms with Gasteiger partial charge in [-0.2, -0.15) is 0 Å². The van der Waals surface area contributed by atoms with Crippen LogP contribution < -0.4 is 0 Å². The van der Waals surface area contributed by atoms with Gasteiger partial charge in [-0.25, -0.2) is 9.97 Å². The van der Waals surface area contributed by atoms with E-state index in [0.717, 1.165) is 16.9 Å². The minimum absolute atomic E-state index is 1.01. The average Bonchev–Trinajstić information content (AvgIpc) is 3.68. The van der Waals surface area contributed by atoms with Crippen molar-refractivity contribution in [1.82, 2.24) is 19.1 Å². The SMILES string of the molecule is c1cc2c3c(ccc(-n4c5ccccc5c5cc(-n6c7ccccc7c7ccccc76)ccc54)c3c1)-c1cncnc1-2. The summed E-state index contributed by atoms with van der Waals surface area (Å²) in [4.78, 5) is 8.98. The Kier molecular flexibility index (Phi) is 4.15. The van der Waals surface area contributed by atoms with Gasteiger partial charge >= 0.3 is 0 Å². The largest absolute Gasteiger partial charge is 0.309 e. The molecule has 0 N–H and O–H groups in total. The molecule has 0 amide bonds. The third-order valence-corrected chi connectivity index (χ3v) is 9.01. The van der Waals surface area contributed by atoms with Gasteiger partial charge in [0.2, 0.25) is 0 Å². The van der Waals surface area contributed by atoms with Crippen molar-refractivity contribution in [1.29, 1.82) is 0 Å². The van der Waals surface area contributed by atoms with E-state index >= 15 is 0 Å². The first-order valence-corrected chi connectivity index (χ1v) is 14.3. The molecule has 0 saturated carbocycles. The van der Waals surface area contributed by atoms with E-state index in [2.05, 4.69) is 140 Å². The van der Waals surface area contributed by atoms with Gasteiger partial charge in [0.25, 0.3) is 0 Å². The van der Waals surface area contributed by atoms with Crippen molar-refractivity contribution in [3.63, 3.8) is 0 Å². The van der Waals surface area contributed by atoms with E-state index in [1.807, 2.05) is 6.20 Å². The number of hydrogen-bond acceptors (Lipinski definition) is 2. The Hall–Kier alpha value is -5.74. The van der Waals surface area contributed by atoms with E-state index in [0.29, 0.717) is 0 Å². The van der Waals surface area contributed by atoms with Gasteiger partial charge in [0, 0.05) is 55.3 Å². The molecule has 4 nitrogen and oxygen atoms in total. The number of para-hydroxylation sites is 3. The molecule has 9 aromatic rings. The number of fused-ring (bicyclic) bond motifs is 9. The van der Waals surface area contributed by atoms with Gasteiger partial charge in [-0.1, -0.05) is 78.9 Å². The first-order valence-electron chi connectivity index (χ1n) is 14.3. The lowest BCUT2D eigenvalue weighted by Gasteiger charge is -2.14. The van der Waals surface area contributed by atoms with Gasteiger partial charge in [-0.3, -0.25) is 0 Å². The standard InChI is InChI=1S/C38H22N4/c1-4-13-32-24(8-1)25-9-2-5-14-33(25)41(32)23-16-18-36-30(20-23)26-10-3-6-15-34(26)42(36)35-19-17-27-31-21-39-22-40-38(31)29-12-7-11-28(35)37(27)29/h1-22H.